The zero-order valence-electron chi connectivity index (χ0n) is 34.3. The first-order valence-corrected chi connectivity index (χ1v) is 23.7. The third-order valence-corrected chi connectivity index (χ3v) is 13.9. The second kappa shape index (κ2) is 27.4. The summed E-state index contributed by atoms with van der Waals surface area (Å²) in [6, 6.07) is 19.6. The van der Waals surface area contributed by atoms with Crippen molar-refractivity contribution in [2.75, 3.05) is 0 Å². The topological polar surface area (TPSA) is 0 Å². The average Bonchev–Trinajstić information content (AvgIpc) is 3.59. The Morgan fingerprint density at radius 2 is 0.792 bits per heavy atom. The van der Waals surface area contributed by atoms with Crippen LogP contribution in [0.2, 0.25) is 0 Å². The van der Waals surface area contributed by atoms with Crippen LogP contribution in [0.1, 0.15) is 171 Å². The van der Waals surface area contributed by atoms with Gasteiger partial charge >= 0.3 is 58.4 Å². The van der Waals surface area contributed by atoms with Gasteiger partial charge in [-0.1, -0.05) is 117 Å². The SMILES string of the molecule is Cc1cc(C)c(C2[CH-]C(c3c(C)cc(C)cc3C)CC2)c(C)c1.Cl.PC1CCCCC1.PC1CCCCC1.PC1CCCCC1.[Ru+]=[CH]c1ccccc1. The van der Waals surface area contributed by atoms with E-state index in [2.05, 4.69) is 130 Å². The molecule has 0 saturated heterocycles. The van der Waals surface area contributed by atoms with E-state index in [4.69, 9.17) is 0 Å². The average molecular weight is 882 g/mol. The van der Waals surface area contributed by atoms with E-state index in [1.165, 1.54) is 148 Å². The van der Waals surface area contributed by atoms with Crippen LogP contribution in [-0.2, 0) is 17.9 Å². The van der Waals surface area contributed by atoms with Gasteiger partial charge in [-0.25, -0.2) is 0 Å². The summed E-state index contributed by atoms with van der Waals surface area (Å²) >= 11 is 2.48. The monoisotopic (exact) mass is 881 g/mol. The molecule has 297 valence electrons. The van der Waals surface area contributed by atoms with Crippen molar-refractivity contribution in [3.05, 3.63) is 111 Å². The van der Waals surface area contributed by atoms with Gasteiger partial charge in [0.05, 0.1) is 0 Å². The molecule has 0 spiro atoms. The molecule has 0 N–H and O–H groups in total. The molecular formula is C48H75ClP3Ru. The van der Waals surface area contributed by atoms with E-state index >= 15 is 0 Å². The molecule has 5 unspecified atom stereocenters. The van der Waals surface area contributed by atoms with Crippen molar-refractivity contribution < 1.29 is 17.9 Å². The van der Waals surface area contributed by atoms with E-state index in [1.807, 2.05) is 22.8 Å². The fourth-order valence-corrected chi connectivity index (χ4v) is 10.5. The Morgan fingerprint density at radius 1 is 0.491 bits per heavy atom. The fourth-order valence-electron chi connectivity index (χ4n) is 8.79. The van der Waals surface area contributed by atoms with Crippen LogP contribution in [0, 0.1) is 48.0 Å². The Hall–Kier alpha value is -0.267. The Bertz CT molecular complexity index is 1290. The molecule has 4 aliphatic rings. The number of halogens is 1. The molecule has 5 heteroatoms. The summed E-state index contributed by atoms with van der Waals surface area (Å²) in [4.78, 5) is 0. The molecule has 4 fully saturated rings. The first-order valence-electron chi connectivity index (χ1n) is 20.7. The molecule has 7 rings (SSSR count). The Balaban J connectivity index is 0.000000264. The minimum atomic E-state index is 0. The van der Waals surface area contributed by atoms with E-state index in [0.29, 0.717) is 11.8 Å². The van der Waals surface area contributed by atoms with Crippen molar-refractivity contribution in [1.29, 1.82) is 0 Å². The van der Waals surface area contributed by atoms with Crippen LogP contribution in [0.5, 0.6) is 0 Å². The predicted octanol–water partition coefficient (Wildman–Crippen LogP) is 14.8. The van der Waals surface area contributed by atoms with Gasteiger partial charge in [-0.05, 0) is 119 Å². The Labute approximate surface area is 351 Å². The van der Waals surface area contributed by atoms with E-state index in [9.17, 15) is 0 Å². The van der Waals surface area contributed by atoms with Crippen LogP contribution >= 0.6 is 40.1 Å². The summed E-state index contributed by atoms with van der Waals surface area (Å²) in [5.74, 6) is 1.22. The quantitative estimate of drug-likeness (QED) is 0.140. The Kier molecular flexibility index (Phi) is 25.3. The van der Waals surface area contributed by atoms with Crippen LogP contribution in [-0.4, -0.2) is 21.6 Å². The van der Waals surface area contributed by atoms with Crippen LogP contribution in [0.15, 0.2) is 54.6 Å². The van der Waals surface area contributed by atoms with Gasteiger partial charge in [-0.15, -0.1) is 52.0 Å². The summed E-state index contributed by atoms with van der Waals surface area (Å²) in [7, 11) is 8.72. The molecule has 3 aromatic rings. The van der Waals surface area contributed by atoms with Crippen molar-refractivity contribution in [3.63, 3.8) is 0 Å². The molecular weight excluding hydrogens is 806 g/mol. The first-order chi connectivity index (χ1) is 25.0. The van der Waals surface area contributed by atoms with Gasteiger partial charge in [0.15, 0.2) is 0 Å². The molecule has 0 radical (unpaired) electrons. The van der Waals surface area contributed by atoms with Crippen LogP contribution in [0.25, 0.3) is 0 Å². The summed E-state index contributed by atoms with van der Waals surface area (Å²) in [6.07, 6.45) is 27.1. The zero-order valence-corrected chi connectivity index (χ0v) is 40.3. The van der Waals surface area contributed by atoms with Crippen molar-refractivity contribution in [3.8, 4) is 0 Å². The molecule has 4 saturated carbocycles. The van der Waals surface area contributed by atoms with Crippen LogP contribution < -0.4 is 0 Å². The molecule has 0 amide bonds. The fraction of sp³-hybridized carbons (Fsp3) is 0.583. The van der Waals surface area contributed by atoms with Gasteiger partial charge in [0.2, 0.25) is 0 Å². The number of benzene rings is 3. The molecule has 0 nitrogen and oxygen atoms in total. The van der Waals surface area contributed by atoms with Crippen molar-refractivity contribution in [2.24, 2.45) is 0 Å². The number of hydrogen-bond acceptors (Lipinski definition) is 0. The second-order valence-corrected chi connectivity index (χ2v) is 19.6. The van der Waals surface area contributed by atoms with Gasteiger partial charge in [0, 0.05) is 0 Å². The molecule has 53 heavy (non-hydrogen) atoms. The number of hydrogen-bond donors (Lipinski definition) is 0. The zero-order chi connectivity index (χ0) is 37.9. The third-order valence-electron chi connectivity index (χ3n) is 11.3. The van der Waals surface area contributed by atoms with Crippen molar-refractivity contribution in [2.45, 2.75) is 180 Å². The van der Waals surface area contributed by atoms with Gasteiger partial charge in [-0.3, -0.25) is 0 Å². The molecule has 4 aliphatic carbocycles. The molecule has 0 aromatic heterocycles. The van der Waals surface area contributed by atoms with Crippen LogP contribution in [0.3, 0.4) is 0 Å². The van der Waals surface area contributed by atoms with Crippen LogP contribution in [0.4, 0.5) is 0 Å². The number of rotatable bonds is 3. The van der Waals surface area contributed by atoms with E-state index in [-0.39, 0.29) is 12.4 Å². The van der Waals surface area contributed by atoms with E-state index in [1.54, 1.807) is 11.1 Å². The summed E-state index contributed by atoms with van der Waals surface area (Å²) in [6.45, 7) is 13.5. The van der Waals surface area contributed by atoms with Gasteiger partial charge in [0.1, 0.15) is 0 Å². The van der Waals surface area contributed by atoms with Gasteiger partial charge < -0.3 is 6.42 Å². The van der Waals surface area contributed by atoms with E-state index < -0.39 is 0 Å². The summed E-state index contributed by atoms with van der Waals surface area (Å²) in [5, 5.41) is 0. The summed E-state index contributed by atoms with van der Waals surface area (Å²) in [5.41, 5.74) is 15.8. The third kappa shape index (κ3) is 18.7. The standard InChI is InChI=1S/C23H29.C7H6.3C6H13P.ClH.Ru/c1-14-9-16(3)22(17(4)10-14)20-7-8-21(13-20)23-18(5)11-15(2)12-19(23)6;1-7-5-3-2-4-6-7;3*7-6-4-2-1-3-5-6;;/h9-13,20-21H,7-8H2,1-6H3;1-6H;3*6H,1-5,7H2;1H;/q-1;;;;;;+1. The van der Waals surface area contributed by atoms with E-state index in [0.717, 1.165) is 17.0 Å². The molecule has 0 heterocycles. The van der Waals surface area contributed by atoms with Gasteiger partial charge in [-0.2, -0.15) is 0 Å². The number of aryl methyl sites for hydroxylation is 6. The Morgan fingerprint density at radius 3 is 1.02 bits per heavy atom. The molecule has 0 aliphatic heterocycles. The maximum absolute atomic E-state index is 2.91. The molecule has 3 aromatic carbocycles. The predicted molar refractivity (Wildman–Crippen MR) is 249 cm³/mol. The van der Waals surface area contributed by atoms with Crippen molar-refractivity contribution >= 4 is 44.7 Å². The van der Waals surface area contributed by atoms with Crippen molar-refractivity contribution in [1.82, 2.24) is 0 Å². The van der Waals surface area contributed by atoms with Gasteiger partial charge in [0.25, 0.3) is 0 Å². The maximum atomic E-state index is 2.91. The normalized spacial score (nSPS) is 20.4. The molecule has 0 bridgehead atoms. The first kappa shape index (κ1) is 48.9. The summed E-state index contributed by atoms with van der Waals surface area (Å²) < 4.78 is 2.01. The molecule has 5 atom stereocenters. The minimum absolute atomic E-state index is 0. The second-order valence-electron chi connectivity index (χ2n) is 16.3.